The molecule has 102 valence electrons. The summed E-state index contributed by atoms with van der Waals surface area (Å²) in [5.74, 6) is 0.560. The second-order valence-corrected chi connectivity index (χ2v) is 4.19. The number of aromatic nitrogens is 2. The zero-order valence-electron chi connectivity index (χ0n) is 9.75. The Kier molecular flexibility index (Phi) is 3.66. The SMILES string of the molecule is Cc1nnc(CNc2ccc(Cl)cc2C(F)(F)F)o1. The summed E-state index contributed by atoms with van der Waals surface area (Å²) in [5, 5.41) is 9.89. The third kappa shape index (κ3) is 3.37. The van der Waals surface area contributed by atoms with Crippen molar-refractivity contribution in [2.75, 3.05) is 5.32 Å². The fourth-order valence-electron chi connectivity index (χ4n) is 1.48. The predicted octanol–water partition coefficient (Wildman–Crippen LogP) is 3.66. The fourth-order valence-corrected chi connectivity index (χ4v) is 1.66. The molecule has 8 heteroatoms. The number of rotatable bonds is 3. The minimum absolute atomic E-state index is 0.00551. The van der Waals surface area contributed by atoms with Gasteiger partial charge in [0.15, 0.2) is 0 Å². The summed E-state index contributed by atoms with van der Waals surface area (Å²) in [6, 6.07) is 3.50. The first kappa shape index (κ1) is 13.7. The first-order valence-corrected chi connectivity index (χ1v) is 5.63. The van der Waals surface area contributed by atoms with Gasteiger partial charge in [0.25, 0.3) is 0 Å². The van der Waals surface area contributed by atoms with Gasteiger partial charge < -0.3 is 9.73 Å². The van der Waals surface area contributed by atoms with Gasteiger partial charge in [-0.25, -0.2) is 0 Å². The summed E-state index contributed by atoms with van der Waals surface area (Å²) in [6.45, 7) is 1.60. The van der Waals surface area contributed by atoms with Crippen LogP contribution < -0.4 is 5.32 Å². The highest BCUT2D eigenvalue weighted by molar-refractivity contribution is 6.30. The van der Waals surface area contributed by atoms with Gasteiger partial charge in [0.2, 0.25) is 11.8 Å². The second kappa shape index (κ2) is 5.08. The molecule has 0 atom stereocenters. The maximum atomic E-state index is 12.8. The van der Waals surface area contributed by atoms with Crippen molar-refractivity contribution in [2.24, 2.45) is 0 Å². The fraction of sp³-hybridized carbons (Fsp3) is 0.273. The summed E-state index contributed by atoms with van der Waals surface area (Å²) in [7, 11) is 0. The number of hydrogen-bond acceptors (Lipinski definition) is 4. The van der Waals surface area contributed by atoms with E-state index in [9.17, 15) is 13.2 Å². The maximum Gasteiger partial charge on any atom is 0.418 e. The molecule has 1 N–H and O–H groups in total. The van der Waals surface area contributed by atoms with Gasteiger partial charge in [0, 0.05) is 17.6 Å². The van der Waals surface area contributed by atoms with Gasteiger partial charge in [-0.2, -0.15) is 13.2 Å². The van der Waals surface area contributed by atoms with Crippen LogP contribution in [0.3, 0.4) is 0 Å². The number of nitrogens with zero attached hydrogens (tertiary/aromatic N) is 2. The molecule has 4 nitrogen and oxygen atoms in total. The Bertz CT molecular complexity index is 583. The van der Waals surface area contributed by atoms with Gasteiger partial charge in [-0.15, -0.1) is 10.2 Å². The van der Waals surface area contributed by atoms with E-state index in [0.29, 0.717) is 5.89 Å². The molecule has 0 radical (unpaired) electrons. The van der Waals surface area contributed by atoms with E-state index in [0.717, 1.165) is 6.07 Å². The van der Waals surface area contributed by atoms with E-state index >= 15 is 0 Å². The molecule has 0 amide bonds. The molecule has 2 aromatic rings. The van der Waals surface area contributed by atoms with E-state index in [1.165, 1.54) is 12.1 Å². The number of nitrogens with one attached hydrogen (secondary N) is 1. The van der Waals surface area contributed by atoms with Gasteiger partial charge in [-0.1, -0.05) is 11.6 Å². The zero-order chi connectivity index (χ0) is 14.0. The van der Waals surface area contributed by atoms with E-state index < -0.39 is 11.7 Å². The van der Waals surface area contributed by atoms with Crippen LogP contribution in [-0.2, 0) is 12.7 Å². The number of alkyl halides is 3. The summed E-state index contributed by atoms with van der Waals surface area (Å²) in [4.78, 5) is 0. The lowest BCUT2D eigenvalue weighted by molar-refractivity contribution is -0.137. The Balaban J connectivity index is 2.20. The van der Waals surface area contributed by atoms with Gasteiger partial charge in [-0.3, -0.25) is 0 Å². The van der Waals surface area contributed by atoms with Crippen LogP contribution in [-0.4, -0.2) is 10.2 Å². The second-order valence-electron chi connectivity index (χ2n) is 3.76. The van der Waals surface area contributed by atoms with Crippen LogP contribution in [0.2, 0.25) is 5.02 Å². The number of aryl methyl sites for hydroxylation is 1. The Morgan fingerprint density at radius 2 is 2.05 bits per heavy atom. The van der Waals surface area contributed by atoms with Gasteiger partial charge in [-0.05, 0) is 18.2 Å². The van der Waals surface area contributed by atoms with Crippen molar-refractivity contribution >= 4 is 17.3 Å². The monoisotopic (exact) mass is 291 g/mol. The van der Waals surface area contributed by atoms with Gasteiger partial charge in [0.05, 0.1) is 12.1 Å². The highest BCUT2D eigenvalue weighted by Crippen LogP contribution is 2.36. The number of halogens is 4. The highest BCUT2D eigenvalue weighted by Gasteiger charge is 2.33. The van der Waals surface area contributed by atoms with Crippen LogP contribution in [0.4, 0.5) is 18.9 Å². The van der Waals surface area contributed by atoms with Crippen LogP contribution in [0.25, 0.3) is 0 Å². The molecule has 1 heterocycles. The first-order chi connectivity index (χ1) is 8.86. The van der Waals surface area contributed by atoms with Crippen molar-refractivity contribution in [3.8, 4) is 0 Å². The van der Waals surface area contributed by atoms with E-state index in [1.54, 1.807) is 6.92 Å². The molecule has 1 aromatic heterocycles. The average Bonchev–Trinajstić information content (AvgIpc) is 2.72. The van der Waals surface area contributed by atoms with E-state index in [4.69, 9.17) is 16.0 Å². The Morgan fingerprint density at radius 1 is 1.32 bits per heavy atom. The molecule has 0 saturated carbocycles. The van der Waals surface area contributed by atoms with Crippen molar-refractivity contribution in [3.63, 3.8) is 0 Å². The highest BCUT2D eigenvalue weighted by atomic mass is 35.5. The molecule has 0 unspecified atom stereocenters. The predicted molar refractivity (Wildman–Crippen MR) is 62.8 cm³/mol. The smallest absolute Gasteiger partial charge is 0.418 e. The van der Waals surface area contributed by atoms with Crippen LogP contribution in [0.15, 0.2) is 22.6 Å². The molecule has 0 spiro atoms. The molecule has 0 aliphatic carbocycles. The summed E-state index contributed by atoms with van der Waals surface area (Å²) in [5.41, 5.74) is -0.927. The van der Waals surface area contributed by atoms with E-state index in [2.05, 4.69) is 15.5 Å². The van der Waals surface area contributed by atoms with Crippen molar-refractivity contribution in [1.82, 2.24) is 10.2 Å². The Labute approximate surface area is 111 Å². The van der Waals surface area contributed by atoms with Crippen LogP contribution in [0.1, 0.15) is 17.3 Å². The summed E-state index contributed by atoms with van der Waals surface area (Å²) in [6.07, 6.45) is -4.49. The van der Waals surface area contributed by atoms with Crippen molar-refractivity contribution in [1.29, 1.82) is 0 Å². The topological polar surface area (TPSA) is 51.0 Å². The normalized spacial score (nSPS) is 11.6. The van der Waals surface area contributed by atoms with Crippen LogP contribution >= 0.6 is 11.6 Å². The number of benzene rings is 1. The molecule has 2 rings (SSSR count). The van der Waals surface area contributed by atoms with Crippen molar-refractivity contribution in [3.05, 3.63) is 40.6 Å². The van der Waals surface area contributed by atoms with Gasteiger partial charge in [0.1, 0.15) is 0 Å². The number of anilines is 1. The molecular formula is C11H9ClF3N3O. The molecule has 19 heavy (non-hydrogen) atoms. The Hall–Kier alpha value is -1.76. The Morgan fingerprint density at radius 3 is 2.63 bits per heavy atom. The molecule has 0 bridgehead atoms. The van der Waals surface area contributed by atoms with Crippen molar-refractivity contribution in [2.45, 2.75) is 19.6 Å². The lowest BCUT2D eigenvalue weighted by Gasteiger charge is -2.13. The molecule has 0 saturated heterocycles. The lowest BCUT2D eigenvalue weighted by Crippen LogP contribution is -2.11. The van der Waals surface area contributed by atoms with Crippen LogP contribution in [0, 0.1) is 6.92 Å². The largest absolute Gasteiger partial charge is 0.424 e. The standard InChI is InChI=1S/C11H9ClF3N3O/c1-6-17-18-10(19-6)5-16-9-3-2-7(12)4-8(9)11(13,14)15/h2-4,16H,5H2,1H3. The van der Waals surface area contributed by atoms with Crippen molar-refractivity contribution < 1.29 is 17.6 Å². The third-order valence-electron chi connectivity index (χ3n) is 2.28. The number of hydrogen-bond donors (Lipinski definition) is 1. The quantitative estimate of drug-likeness (QED) is 0.937. The maximum absolute atomic E-state index is 12.8. The molecule has 1 aromatic carbocycles. The minimum atomic E-state index is -4.49. The van der Waals surface area contributed by atoms with E-state index in [1.807, 2.05) is 0 Å². The minimum Gasteiger partial charge on any atom is -0.424 e. The van der Waals surface area contributed by atoms with Gasteiger partial charge >= 0.3 is 6.18 Å². The first-order valence-electron chi connectivity index (χ1n) is 5.26. The molecule has 0 aliphatic rings. The average molecular weight is 292 g/mol. The zero-order valence-corrected chi connectivity index (χ0v) is 10.5. The molecular weight excluding hydrogens is 283 g/mol. The summed E-state index contributed by atoms with van der Waals surface area (Å²) < 4.78 is 43.5. The summed E-state index contributed by atoms with van der Waals surface area (Å²) >= 11 is 5.57. The third-order valence-corrected chi connectivity index (χ3v) is 2.52. The molecule has 0 fully saturated rings. The van der Waals surface area contributed by atoms with E-state index in [-0.39, 0.29) is 23.1 Å². The lowest BCUT2D eigenvalue weighted by atomic mass is 10.1. The van der Waals surface area contributed by atoms with Crippen LogP contribution in [0.5, 0.6) is 0 Å². The molecule has 0 aliphatic heterocycles.